The van der Waals surface area contributed by atoms with Crippen LogP contribution in [0.1, 0.15) is 27.8 Å². The van der Waals surface area contributed by atoms with Crippen molar-refractivity contribution in [3.05, 3.63) is 64.0 Å². The first-order valence-corrected chi connectivity index (χ1v) is 8.52. The van der Waals surface area contributed by atoms with Crippen LogP contribution < -0.4 is 4.72 Å². The molecule has 2 aromatic carbocycles. The monoisotopic (exact) mass is 321 g/mol. The summed E-state index contributed by atoms with van der Waals surface area (Å²) in [6.07, 6.45) is 0. The Bertz CT molecular complexity index is 787. The van der Waals surface area contributed by atoms with Crippen molar-refractivity contribution in [1.82, 2.24) is 4.72 Å². The van der Waals surface area contributed by atoms with Gasteiger partial charge in [-0.2, -0.15) is 0 Å². The van der Waals surface area contributed by atoms with Crippen molar-refractivity contribution in [2.45, 2.75) is 39.1 Å². The van der Waals surface area contributed by atoms with Crippen LogP contribution in [0.25, 0.3) is 0 Å². The lowest BCUT2D eigenvalue weighted by atomic mass is 10.0. The van der Waals surface area contributed by atoms with E-state index in [2.05, 4.69) is 4.72 Å². The van der Waals surface area contributed by atoms with Crippen molar-refractivity contribution >= 4 is 10.0 Å². The molecule has 0 saturated carbocycles. The number of benzene rings is 2. The van der Waals surface area contributed by atoms with E-state index in [1.165, 1.54) is 12.1 Å². The third-order valence-electron chi connectivity index (χ3n) is 3.92. The van der Waals surface area contributed by atoms with E-state index in [0.717, 1.165) is 22.3 Å². The number of nitrogens with one attached hydrogen (secondary N) is 1. The Morgan fingerprint density at radius 2 is 1.59 bits per heavy atom. The zero-order valence-electron chi connectivity index (χ0n) is 13.2. The van der Waals surface area contributed by atoms with Gasteiger partial charge in [-0.05, 0) is 67.6 Å². The molecule has 0 aliphatic carbocycles. The lowest BCUT2D eigenvalue weighted by Gasteiger charge is -2.16. The molecule has 2 aromatic rings. The summed E-state index contributed by atoms with van der Waals surface area (Å²) in [7, 11) is -3.65. The third kappa shape index (κ3) is 3.36. The SMILES string of the molecule is Cc1cc(C)c(C)c(S(=O)(=O)NCc2cccc(F)c2)c1C. The van der Waals surface area contributed by atoms with Gasteiger partial charge in [0.25, 0.3) is 0 Å². The van der Waals surface area contributed by atoms with Gasteiger partial charge in [0.05, 0.1) is 4.90 Å². The molecule has 0 radical (unpaired) electrons. The zero-order valence-corrected chi connectivity index (χ0v) is 14.0. The second-order valence-electron chi connectivity index (χ2n) is 5.54. The molecule has 3 nitrogen and oxygen atoms in total. The van der Waals surface area contributed by atoms with Gasteiger partial charge in [-0.25, -0.2) is 17.5 Å². The lowest BCUT2D eigenvalue weighted by Crippen LogP contribution is -2.25. The summed E-state index contributed by atoms with van der Waals surface area (Å²) >= 11 is 0. The molecule has 0 amide bonds. The summed E-state index contributed by atoms with van der Waals surface area (Å²) in [5.41, 5.74) is 3.96. The molecule has 1 N–H and O–H groups in total. The van der Waals surface area contributed by atoms with Crippen LogP contribution in [-0.2, 0) is 16.6 Å². The summed E-state index contributed by atoms with van der Waals surface area (Å²) < 4.78 is 41.0. The van der Waals surface area contributed by atoms with E-state index in [-0.39, 0.29) is 12.4 Å². The van der Waals surface area contributed by atoms with Gasteiger partial charge >= 0.3 is 0 Å². The van der Waals surface area contributed by atoms with Crippen LogP contribution in [0, 0.1) is 33.5 Å². The van der Waals surface area contributed by atoms with Crippen molar-refractivity contribution in [1.29, 1.82) is 0 Å². The van der Waals surface area contributed by atoms with E-state index in [1.807, 2.05) is 19.9 Å². The minimum absolute atomic E-state index is 0.0615. The summed E-state index contributed by atoms with van der Waals surface area (Å²) in [6.45, 7) is 7.46. The van der Waals surface area contributed by atoms with E-state index >= 15 is 0 Å². The van der Waals surface area contributed by atoms with Gasteiger partial charge in [-0.3, -0.25) is 0 Å². The van der Waals surface area contributed by atoms with Crippen molar-refractivity contribution in [3.8, 4) is 0 Å². The summed E-state index contributed by atoms with van der Waals surface area (Å²) in [6, 6.07) is 7.88. The molecule has 0 unspecified atom stereocenters. The molecule has 0 aromatic heterocycles. The molecule has 118 valence electrons. The van der Waals surface area contributed by atoms with Crippen LogP contribution in [0.4, 0.5) is 4.39 Å². The molecule has 0 aliphatic rings. The first-order valence-electron chi connectivity index (χ1n) is 7.04. The molecule has 0 atom stereocenters. The number of halogens is 1. The standard InChI is InChI=1S/C17H20FNO2S/c1-11-8-12(2)14(4)17(13(11)3)22(20,21)19-10-15-6-5-7-16(18)9-15/h5-9,19H,10H2,1-4H3. The largest absolute Gasteiger partial charge is 0.241 e. The van der Waals surface area contributed by atoms with Crippen LogP contribution in [0.2, 0.25) is 0 Å². The Morgan fingerprint density at radius 3 is 2.14 bits per heavy atom. The molecule has 0 bridgehead atoms. The van der Waals surface area contributed by atoms with E-state index < -0.39 is 10.0 Å². The van der Waals surface area contributed by atoms with E-state index in [4.69, 9.17) is 0 Å². The van der Waals surface area contributed by atoms with Gasteiger partial charge in [-0.1, -0.05) is 18.2 Å². The molecular weight excluding hydrogens is 301 g/mol. The quantitative estimate of drug-likeness (QED) is 0.936. The average molecular weight is 321 g/mol. The molecule has 2 rings (SSSR count). The first kappa shape index (κ1) is 16.6. The highest BCUT2D eigenvalue weighted by molar-refractivity contribution is 7.89. The molecular formula is C17H20FNO2S. The number of hydrogen-bond donors (Lipinski definition) is 1. The molecule has 5 heteroatoms. The highest BCUT2D eigenvalue weighted by Crippen LogP contribution is 2.26. The Morgan fingerprint density at radius 1 is 1.00 bits per heavy atom. The van der Waals surface area contributed by atoms with Crippen LogP contribution in [0.3, 0.4) is 0 Å². The van der Waals surface area contributed by atoms with Gasteiger partial charge in [-0.15, -0.1) is 0 Å². The lowest BCUT2D eigenvalue weighted by molar-refractivity contribution is 0.578. The van der Waals surface area contributed by atoms with Crippen molar-refractivity contribution in [2.75, 3.05) is 0 Å². The minimum Gasteiger partial charge on any atom is -0.207 e. The van der Waals surface area contributed by atoms with Crippen LogP contribution in [0.15, 0.2) is 35.2 Å². The molecule has 0 heterocycles. The predicted octanol–water partition coefficient (Wildman–Crippen LogP) is 3.54. The Balaban J connectivity index is 2.36. The summed E-state index contributed by atoms with van der Waals surface area (Å²) in [5, 5.41) is 0. The van der Waals surface area contributed by atoms with Crippen molar-refractivity contribution in [2.24, 2.45) is 0 Å². The van der Waals surface area contributed by atoms with Gasteiger partial charge in [0, 0.05) is 6.54 Å². The smallest absolute Gasteiger partial charge is 0.207 e. The summed E-state index contributed by atoms with van der Waals surface area (Å²) in [4.78, 5) is 0.321. The molecule has 22 heavy (non-hydrogen) atoms. The molecule has 0 spiro atoms. The maximum absolute atomic E-state index is 13.2. The van der Waals surface area contributed by atoms with Crippen molar-refractivity contribution in [3.63, 3.8) is 0 Å². The Labute approximate surface area is 131 Å². The minimum atomic E-state index is -3.65. The topological polar surface area (TPSA) is 46.2 Å². The number of hydrogen-bond acceptors (Lipinski definition) is 2. The highest BCUT2D eigenvalue weighted by atomic mass is 32.2. The molecule has 0 aliphatic heterocycles. The second-order valence-corrected chi connectivity index (χ2v) is 7.25. The van der Waals surface area contributed by atoms with Crippen LogP contribution >= 0.6 is 0 Å². The van der Waals surface area contributed by atoms with Gasteiger partial charge in [0.1, 0.15) is 5.82 Å². The number of rotatable bonds is 4. The van der Waals surface area contributed by atoms with Gasteiger partial charge in [0.2, 0.25) is 10.0 Å². The highest BCUT2D eigenvalue weighted by Gasteiger charge is 2.21. The molecule has 0 fully saturated rings. The number of aryl methyl sites for hydroxylation is 2. The fourth-order valence-corrected chi connectivity index (χ4v) is 4.11. The zero-order chi connectivity index (χ0) is 16.5. The average Bonchev–Trinajstić information content (AvgIpc) is 2.43. The van der Waals surface area contributed by atoms with Gasteiger partial charge < -0.3 is 0 Å². The third-order valence-corrected chi connectivity index (χ3v) is 5.60. The molecule has 0 saturated heterocycles. The Kier molecular flexibility index (Phi) is 4.68. The maximum Gasteiger partial charge on any atom is 0.241 e. The van der Waals surface area contributed by atoms with E-state index in [9.17, 15) is 12.8 Å². The second kappa shape index (κ2) is 6.18. The van der Waals surface area contributed by atoms with Crippen LogP contribution in [0.5, 0.6) is 0 Å². The normalized spacial score (nSPS) is 11.7. The fourth-order valence-electron chi connectivity index (χ4n) is 2.48. The Hall–Kier alpha value is -1.72. The maximum atomic E-state index is 13.2. The summed E-state index contributed by atoms with van der Waals surface area (Å²) in [5.74, 6) is -0.379. The van der Waals surface area contributed by atoms with E-state index in [0.29, 0.717) is 10.5 Å². The van der Waals surface area contributed by atoms with E-state index in [1.54, 1.807) is 26.0 Å². The van der Waals surface area contributed by atoms with Crippen LogP contribution in [-0.4, -0.2) is 8.42 Å². The fraction of sp³-hybridized carbons (Fsp3) is 0.294. The first-order chi connectivity index (χ1) is 10.2. The van der Waals surface area contributed by atoms with Gasteiger partial charge in [0.15, 0.2) is 0 Å². The van der Waals surface area contributed by atoms with Crippen molar-refractivity contribution < 1.29 is 12.8 Å². The predicted molar refractivity (Wildman–Crippen MR) is 85.8 cm³/mol. The number of sulfonamides is 1.